The van der Waals surface area contributed by atoms with Gasteiger partial charge in [-0.15, -0.1) is 0 Å². The van der Waals surface area contributed by atoms with Crippen molar-refractivity contribution in [2.24, 2.45) is 0 Å². The van der Waals surface area contributed by atoms with Gasteiger partial charge in [0.2, 0.25) is 0 Å². The number of methoxy groups -OCH3 is 2. The monoisotopic (exact) mass is 483 g/mol. The van der Waals surface area contributed by atoms with Gasteiger partial charge in [-0.3, -0.25) is 4.79 Å². The van der Waals surface area contributed by atoms with E-state index in [4.69, 9.17) is 42.5 Å². The summed E-state index contributed by atoms with van der Waals surface area (Å²) in [5.41, 5.74) is 2.17. The van der Waals surface area contributed by atoms with Crippen LogP contribution in [0, 0.1) is 6.92 Å². The van der Waals surface area contributed by atoms with Crippen LogP contribution >= 0.6 is 23.2 Å². The topological polar surface area (TPSA) is 85.3 Å². The molecule has 2 aromatic rings. The standard InChI is InChI=1S/C23H27Cl2NO6/c1-15-20(30-2)11-17(12-21(15)31-3)23(29)26(7-8-32-14-22(27)28)6-4-5-16-9-18(24)13-19(25)10-16/h9-13H,4-8,14H2,1-3H3,(H,27,28). The molecule has 0 saturated heterocycles. The van der Waals surface area contributed by atoms with Crippen LogP contribution in [-0.2, 0) is 16.0 Å². The summed E-state index contributed by atoms with van der Waals surface area (Å²) in [6, 6.07) is 8.68. The molecule has 0 atom stereocenters. The van der Waals surface area contributed by atoms with Crippen LogP contribution < -0.4 is 9.47 Å². The van der Waals surface area contributed by atoms with E-state index >= 15 is 0 Å². The lowest BCUT2D eigenvalue weighted by molar-refractivity contribution is -0.142. The molecule has 2 rings (SSSR count). The number of carboxylic acid groups (broad SMARTS) is 1. The first-order valence-electron chi connectivity index (χ1n) is 10.0. The van der Waals surface area contributed by atoms with Crippen LogP contribution in [0.15, 0.2) is 30.3 Å². The van der Waals surface area contributed by atoms with E-state index in [1.54, 1.807) is 23.1 Å². The van der Waals surface area contributed by atoms with E-state index < -0.39 is 12.6 Å². The Labute approximate surface area is 197 Å². The fraction of sp³-hybridized carbons (Fsp3) is 0.391. The summed E-state index contributed by atoms with van der Waals surface area (Å²) in [5, 5.41) is 9.88. The number of nitrogens with zero attached hydrogens (tertiary/aromatic N) is 1. The molecule has 7 nitrogen and oxygen atoms in total. The molecule has 0 bridgehead atoms. The van der Waals surface area contributed by atoms with Gasteiger partial charge in [0, 0.05) is 34.3 Å². The van der Waals surface area contributed by atoms with Gasteiger partial charge >= 0.3 is 5.97 Å². The van der Waals surface area contributed by atoms with Crippen LogP contribution in [0.25, 0.3) is 0 Å². The lowest BCUT2D eigenvalue weighted by Crippen LogP contribution is -2.35. The average molecular weight is 484 g/mol. The third kappa shape index (κ3) is 7.58. The molecule has 0 unspecified atom stereocenters. The van der Waals surface area contributed by atoms with Crippen molar-refractivity contribution in [3.8, 4) is 11.5 Å². The minimum Gasteiger partial charge on any atom is -0.496 e. The van der Waals surface area contributed by atoms with E-state index in [0.29, 0.717) is 46.5 Å². The van der Waals surface area contributed by atoms with E-state index in [1.165, 1.54) is 14.2 Å². The van der Waals surface area contributed by atoms with Crippen molar-refractivity contribution < 1.29 is 28.9 Å². The van der Waals surface area contributed by atoms with Gasteiger partial charge in [-0.2, -0.15) is 0 Å². The van der Waals surface area contributed by atoms with Gasteiger partial charge in [0.15, 0.2) is 0 Å². The van der Waals surface area contributed by atoms with Crippen LogP contribution in [0.4, 0.5) is 0 Å². The van der Waals surface area contributed by atoms with E-state index in [9.17, 15) is 9.59 Å². The summed E-state index contributed by atoms with van der Waals surface area (Å²) in [4.78, 5) is 25.6. The summed E-state index contributed by atoms with van der Waals surface area (Å²) < 4.78 is 15.9. The van der Waals surface area contributed by atoms with Gasteiger partial charge in [0.05, 0.1) is 20.8 Å². The van der Waals surface area contributed by atoms with Crippen molar-refractivity contribution in [2.45, 2.75) is 19.8 Å². The summed E-state index contributed by atoms with van der Waals surface area (Å²) in [6.07, 6.45) is 1.32. The highest BCUT2D eigenvalue weighted by atomic mass is 35.5. The maximum absolute atomic E-state index is 13.3. The Balaban J connectivity index is 2.15. The van der Waals surface area contributed by atoms with Crippen LogP contribution in [0.3, 0.4) is 0 Å². The fourth-order valence-corrected chi connectivity index (χ4v) is 3.84. The number of hydrogen-bond donors (Lipinski definition) is 1. The van der Waals surface area contributed by atoms with Crippen molar-refractivity contribution in [3.05, 3.63) is 57.1 Å². The van der Waals surface area contributed by atoms with Crippen molar-refractivity contribution >= 4 is 35.1 Å². The number of rotatable bonds is 12. The summed E-state index contributed by atoms with van der Waals surface area (Å²) in [7, 11) is 3.06. The first kappa shape index (κ1) is 25.8. The Morgan fingerprint density at radius 1 is 0.969 bits per heavy atom. The SMILES string of the molecule is COc1cc(C(=O)N(CCCc2cc(Cl)cc(Cl)c2)CCOCC(=O)O)cc(OC)c1C. The normalized spacial score (nSPS) is 10.7. The van der Waals surface area contributed by atoms with Gasteiger partial charge in [0.25, 0.3) is 5.91 Å². The van der Waals surface area contributed by atoms with E-state index in [2.05, 4.69) is 0 Å². The molecular formula is C23H27Cl2NO6. The number of ether oxygens (including phenoxy) is 3. The Morgan fingerprint density at radius 3 is 2.09 bits per heavy atom. The lowest BCUT2D eigenvalue weighted by Gasteiger charge is -2.24. The average Bonchev–Trinajstić information content (AvgIpc) is 2.74. The number of halogens is 2. The zero-order valence-corrected chi connectivity index (χ0v) is 19.8. The van der Waals surface area contributed by atoms with Gasteiger partial charge in [0.1, 0.15) is 18.1 Å². The predicted octanol–water partition coefficient (Wildman–Crippen LogP) is 4.50. The van der Waals surface area contributed by atoms with Crippen LogP contribution in [-0.4, -0.2) is 62.4 Å². The number of carbonyl (C=O) groups excluding carboxylic acids is 1. The third-order valence-electron chi connectivity index (χ3n) is 4.83. The van der Waals surface area contributed by atoms with Gasteiger partial charge < -0.3 is 24.2 Å². The number of amides is 1. The Bertz CT molecular complexity index is 905. The number of carbonyl (C=O) groups is 2. The van der Waals surface area contributed by atoms with Crippen molar-refractivity contribution in [1.82, 2.24) is 4.90 Å². The molecule has 0 aliphatic heterocycles. The van der Waals surface area contributed by atoms with Crippen LogP contribution in [0.1, 0.15) is 27.9 Å². The van der Waals surface area contributed by atoms with Crippen molar-refractivity contribution in [1.29, 1.82) is 0 Å². The van der Waals surface area contributed by atoms with Gasteiger partial charge in [-0.05, 0) is 55.7 Å². The molecule has 174 valence electrons. The van der Waals surface area contributed by atoms with Gasteiger partial charge in [-0.1, -0.05) is 23.2 Å². The van der Waals surface area contributed by atoms with Crippen molar-refractivity contribution in [2.75, 3.05) is 40.5 Å². The summed E-state index contributed by atoms with van der Waals surface area (Å²) in [6.45, 7) is 2.19. The zero-order chi connectivity index (χ0) is 23.7. The van der Waals surface area contributed by atoms with Crippen LogP contribution in [0.2, 0.25) is 10.0 Å². The summed E-state index contributed by atoms with van der Waals surface area (Å²) in [5.74, 6) is -0.204. The Morgan fingerprint density at radius 2 is 1.56 bits per heavy atom. The summed E-state index contributed by atoms with van der Waals surface area (Å²) >= 11 is 12.1. The van der Waals surface area contributed by atoms with Crippen molar-refractivity contribution in [3.63, 3.8) is 0 Å². The lowest BCUT2D eigenvalue weighted by atomic mass is 10.1. The molecule has 1 N–H and O–H groups in total. The molecule has 0 radical (unpaired) electrons. The molecule has 0 spiro atoms. The molecule has 2 aromatic carbocycles. The smallest absolute Gasteiger partial charge is 0.329 e. The van der Waals surface area contributed by atoms with Gasteiger partial charge in [-0.25, -0.2) is 4.79 Å². The molecule has 1 amide bonds. The van der Waals surface area contributed by atoms with E-state index in [0.717, 1.165) is 11.1 Å². The molecule has 32 heavy (non-hydrogen) atoms. The quantitative estimate of drug-likeness (QED) is 0.447. The second-order valence-corrected chi connectivity index (χ2v) is 8.00. The predicted molar refractivity (Wildman–Crippen MR) is 123 cm³/mol. The molecule has 0 aliphatic carbocycles. The zero-order valence-electron chi connectivity index (χ0n) is 18.3. The molecule has 0 heterocycles. The highest BCUT2D eigenvalue weighted by Gasteiger charge is 2.19. The fourth-order valence-electron chi connectivity index (χ4n) is 3.27. The third-order valence-corrected chi connectivity index (χ3v) is 5.27. The highest BCUT2D eigenvalue weighted by molar-refractivity contribution is 6.34. The number of aliphatic carboxylic acids is 1. The number of aryl methyl sites for hydroxylation is 1. The highest BCUT2D eigenvalue weighted by Crippen LogP contribution is 2.30. The minimum atomic E-state index is -1.06. The minimum absolute atomic E-state index is 0.0984. The van der Waals surface area contributed by atoms with E-state index in [-0.39, 0.29) is 19.1 Å². The largest absolute Gasteiger partial charge is 0.496 e. The second kappa shape index (κ2) is 12.5. The first-order valence-corrected chi connectivity index (χ1v) is 10.8. The molecule has 0 fully saturated rings. The first-order chi connectivity index (χ1) is 15.2. The number of carboxylic acids is 1. The van der Waals surface area contributed by atoms with E-state index in [1.807, 2.05) is 19.1 Å². The maximum Gasteiger partial charge on any atom is 0.329 e. The van der Waals surface area contributed by atoms with Crippen LogP contribution in [0.5, 0.6) is 11.5 Å². The maximum atomic E-state index is 13.3. The Kier molecular flexibility index (Phi) is 10.1. The number of hydrogen-bond acceptors (Lipinski definition) is 5. The molecule has 0 saturated carbocycles. The number of benzene rings is 2. The molecular weight excluding hydrogens is 457 g/mol. The molecule has 0 aromatic heterocycles. The molecule has 9 heteroatoms. The Hall–Kier alpha value is -2.48. The molecule has 0 aliphatic rings. The second-order valence-electron chi connectivity index (χ2n) is 7.13.